The number of imidazole rings is 1. The molecule has 0 atom stereocenters. The van der Waals surface area contributed by atoms with E-state index in [1.807, 2.05) is 13.8 Å². The quantitative estimate of drug-likeness (QED) is 0.323. The molecule has 3 heterocycles. The Morgan fingerprint density at radius 2 is 1.51 bits per heavy atom. The minimum atomic E-state index is -0.371. The van der Waals surface area contributed by atoms with Crippen LogP contribution >= 0.6 is 0 Å². The number of ketones is 2. The van der Waals surface area contributed by atoms with Crippen LogP contribution in [0.3, 0.4) is 0 Å². The number of unbranched alkanes of at least 4 members (excludes halogenated alkanes) is 1. The molecule has 0 aliphatic carbocycles. The fraction of sp³-hybridized carbons (Fsp3) is 0.571. The molecule has 0 spiro atoms. The number of aryl methyl sites for hydroxylation is 2. The molecule has 0 saturated carbocycles. The van der Waals surface area contributed by atoms with Gasteiger partial charge in [0.1, 0.15) is 5.78 Å². The molecule has 208 valence electrons. The largest absolute Gasteiger partial charge is 0.332 e. The molecule has 0 radical (unpaired) electrons. The SMILES string of the molecule is CC.CC(=O)CCCCn1c(=O)c2c(ncn2C)n(C)c1=O.CC(=O)c1cccnc1.CCC.CCC. The van der Waals surface area contributed by atoms with E-state index in [-0.39, 0.29) is 22.8 Å². The first-order valence-corrected chi connectivity index (χ1v) is 13.1. The number of Topliss-reactive ketones (excluding diaryl/α,β-unsaturated/α-hetero) is 2. The van der Waals surface area contributed by atoms with Gasteiger partial charge in [-0.1, -0.05) is 54.4 Å². The summed E-state index contributed by atoms with van der Waals surface area (Å²) < 4.78 is 4.20. The number of aromatic nitrogens is 5. The van der Waals surface area contributed by atoms with Gasteiger partial charge < -0.3 is 9.36 Å². The smallest absolute Gasteiger partial charge is 0.328 e. The minimum absolute atomic E-state index is 0.0584. The molecule has 0 fully saturated rings. The van der Waals surface area contributed by atoms with Crippen molar-refractivity contribution in [2.45, 2.75) is 94.0 Å². The molecule has 0 unspecified atom stereocenters. The predicted molar refractivity (Wildman–Crippen MR) is 152 cm³/mol. The van der Waals surface area contributed by atoms with E-state index in [1.54, 1.807) is 43.2 Å². The molecule has 9 nitrogen and oxygen atoms in total. The van der Waals surface area contributed by atoms with Gasteiger partial charge in [0.25, 0.3) is 5.56 Å². The molecule has 3 rings (SSSR count). The molecule has 0 saturated heterocycles. The highest BCUT2D eigenvalue weighted by molar-refractivity contribution is 5.93. The zero-order valence-corrected chi connectivity index (χ0v) is 24.5. The Bertz CT molecular complexity index is 1160. The van der Waals surface area contributed by atoms with E-state index in [2.05, 4.69) is 37.7 Å². The zero-order valence-electron chi connectivity index (χ0n) is 24.5. The Morgan fingerprint density at radius 3 is 1.95 bits per heavy atom. The van der Waals surface area contributed by atoms with Crippen LogP contribution in [-0.4, -0.2) is 35.2 Å². The van der Waals surface area contributed by atoms with Gasteiger partial charge >= 0.3 is 5.69 Å². The number of hydrogen-bond acceptors (Lipinski definition) is 6. The van der Waals surface area contributed by atoms with Crippen LogP contribution in [0.4, 0.5) is 0 Å². The highest BCUT2D eigenvalue weighted by atomic mass is 16.2. The molecule has 0 aromatic carbocycles. The highest BCUT2D eigenvalue weighted by Crippen LogP contribution is 2.04. The van der Waals surface area contributed by atoms with Crippen molar-refractivity contribution < 1.29 is 9.59 Å². The third kappa shape index (κ3) is 13.0. The fourth-order valence-corrected chi connectivity index (χ4v) is 2.81. The van der Waals surface area contributed by atoms with Crippen molar-refractivity contribution in [2.75, 3.05) is 0 Å². The summed E-state index contributed by atoms with van der Waals surface area (Å²) in [5, 5.41) is 0. The van der Waals surface area contributed by atoms with Gasteiger partial charge in [-0.05, 0) is 38.8 Å². The molecule has 0 amide bonds. The van der Waals surface area contributed by atoms with Crippen LogP contribution in [0.1, 0.15) is 97.9 Å². The molecule has 9 heteroatoms. The second-order valence-electron chi connectivity index (χ2n) is 8.20. The van der Waals surface area contributed by atoms with Crippen molar-refractivity contribution in [2.24, 2.45) is 14.1 Å². The van der Waals surface area contributed by atoms with E-state index < -0.39 is 0 Å². The lowest BCUT2D eigenvalue weighted by Crippen LogP contribution is -2.39. The molecule has 0 aliphatic heterocycles. The third-order valence-corrected chi connectivity index (χ3v) is 4.43. The standard InChI is InChI=1S/C13H18N4O3.C7H7NO.2C3H8.C2H6/c1-9(18)6-4-5-7-17-12(19)10-11(14-8-15(10)2)16(3)13(17)20;1-6(9)7-3-2-4-8-5-7;2*1-3-2;1-2/h8H,4-7H2,1-3H3;2-5H,1H3;2*3H2,1-2H3;1-2H3. The molecule has 0 aliphatic rings. The Morgan fingerprint density at radius 1 is 0.946 bits per heavy atom. The van der Waals surface area contributed by atoms with Crippen LogP contribution < -0.4 is 11.2 Å². The van der Waals surface area contributed by atoms with Gasteiger partial charge in [-0.25, -0.2) is 9.78 Å². The summed E-state index contributed by atoms with van der Waals surface area (Å²) in [6, 6.07) is 3.49. The topological polar surface area (TPSA) is 109 Å². The van der Waals surface area contributed by atoms with Gasteiger partial charge in [-0.15, -0.1) is 0 Å². The molecule has 3 aromatic rings. The van der Waals surface area contributed by atoms with E-state index in [9.17, 15) is 19.2 Å². The maximum Gasteiger partial charge on any atom is 0.332 e. The molecule has 3 aromatic heterocycles. The van der Waals surface area contributed by atoms with Gasteiger partial charge in [0.15, 0.2) is 16.9 Å². The van der Waals surface area contributed by atoms with E-state index in [1.165, 1.54) is 42.2 Å². The number of carbonyl (C=O) groups excluding carboxylic acids is 2. The van der Waals surface area contributed by atoms with Crippen LogP contribution in [0, 0.1) is 0 Å². The summed E-state index contributed by atoms with van der Waals surface area (Å²) in [4.78, 5) is 53.8. The van der Waals surface area contributed by atoms with Gasteiger partial charge in [0.05, 0.1) is 6.33 Å². The summed E-state index contributed by atoms with van der Waals surface area (Å²) in [7, 11) is 3.32. The maximum absolute atomic E-state index is 12.3. The number of nitrogens with zero attached hydrogens (tertiary/aromatic N) is 5. The van der Waals surface area contributed by atoms with Crippen LogP contribution in [0.15, 0.2) is 40.4 Å². The lowest BCUT2D eigenvalue weighted by atomic mass is 10.2. The molecule has 37 heavy (non-hydrogen) atoms. The van der Waals surface area contributed by atoms with Crippen molar-refractivity contribution in [3.8, 4) is 0 Å². The van der Waals surface area contributed by atoms with Crippen molar-refractivity contribution in [1.82, 2.24) is 23.7 Å². The first kappa shape index (κ1) is 35.8. The summed E-state index contributed by atoms with van der Waals surface area (Å²) in [6.07, 6.45) is 9.00. The van der Waals surface area contributed by atoms with Gasteiger partial charge in [-0.2, -0.15) is 0 Å². The normalized spacial score (nSPS) is 9.35. The fourth-order valence-electron chi connectivity index (χ4n) is 2.81. The second kappa shape index (κ2) is 20.8. The Hall–Kier alpha value is -3.36. The Labute approximate surface area is 221 Å². The number of hydrogen-bond donors (Lipinski definition) is 0. The van der Waals surface area contributed by atoms with E-state index in [0.29, 0.717) is 42.5 Å². The predicted octanol–water partition coefficient (Wildman–Crippen LogP) is 5.34. The van der Waals surface area contributed by atoms with Crippen LogP contribution in [-0.2, 0) is 25.4 Å². The lowest BCUT2D eigenvalue weighted by molar-refractivity contribution is -0.117. The van der Waals surface area contributed by atoms with Crippen molar-refractivity contribution in [3.05, 3.63) is 57.3 Å². The Balaban J connectivity index is 0. The Kier molecular flexibility index (Phi) is 20.1. The van der Waals surface area contributed by atoms with Crippen LogP contribution in [0.2, 0.25) is 0 Å². The summed E-state index contributed by atoms with van der Waals surface area (Å²) in [5.74, 6) is 0.176. The molecular formula is C28H47N5O4. The van der Waals surface area contributed by atoms with Crippen molar-refractivity contribution in [3.63, 3.8) is 0 Å². The molecule has 0 bridgehead atoms. The first-order valence-electron chi connectivity index (χ1n) is 13.1. The van der Waals surface area contributed by atoms with Gasteiger partial charge in [0, 0.05) is 45.0 Å². The monoisotopic (exact) mass is 517 g/mol. The zero-order chi connectivity index (χ0) is 29.0. The summed E-state index contributed by atoms with van der Waals surface area (Å²) >= 11 is 0. The molecule has 0 N–H and O–H groups in total. The second-order valence-corrected chi connectivity index (χ2v) is 8.20. The number of fused-ring (bicyclic) bond motifs is 1. The minimum Gasteiger partial charge on any atom is -0.328 e. The van der Waals surface area contributed by atoms with Gasteiger partial charge in [-0.3, -0.25) is 23.7 Å². The van der Waals surface area contributed by atoms with Crippen LogP contribution in [0.25, 0.3) is 11.2 Å². The third-order valence-electron chi connectivity index (χ3n) is 4.43. The van der Waals surface area contributed by atoms with Crippen LogP contribution in [0.5, 0.6) is 0 Å². The molecular weight excluding hydrogens is 470 g/mol. The maximum atomic E-state index is 12.3. The highest BCUT2D eigenvalue weighted by Gasteiger charge is 2.14. The van der Waals surface area contributed by atoms with Crippen molar-refractivity contribution in [1.29, 1.82) is 0 Å². The van der Waals surface area contributed by atoms with E-state index >= 15 is 0 Å². The van der Waals surface area contributed by atoms with Gasteiger partial charge in [0.2, 0.25) is 0 Å². The summed E-state index contributed by atoms with van der Waals surface area (Å²) in [5.41, 5.74) is 0.772. The average Bonchev–Trinajstić information content (AvgIpc) is 3.27. The number of pyridine rings is 1. The first-order chi connectivity index (χ1) is 17.6. The van der Waals surface area contributed by atoms with E-state index in [0.717, 1.165) is 0 Å². The van der Waals surface area contributed by atoms with E-state index in [4.69, 9.17) is 0 Å². The average molecular weight is 518 g/mol. The number of rotatable bonds is 6. The number of carbonyl (C=O) groups is 2. The lowest BCUT2D eigenvalue weighted by Gasteiger charge is -2.08. The van der Waals surface area contributed by atoms with Crippen molar-refractivity contribution >= 4 is 22.7 Å². The summed E-state index contributed by atoms with van der Waals surface area (Å²) in [6.45, 7) is 15.9.